The van der Waals surface area contributed by atoms with E-state index in [-0.39, 0.29) is 17.4 Å². The first-order valence-electron chi connectivity index (χ1n) is 10.1. The summed E-state index contributed by atoms with van der Waals surface area (Å²) in [6.07, 6.45) is 0.377. The van der Waals surface area contributed by atoms with Gasteiger partial charge < -0.3 is 10.2 Å². The fourth-order valence-corrected chi connectivity index (χ4v) is 3.98. The van der Waals surface area contributed by atoms with Crippen LogP contribution in [0.15, 0.2) is 57.9 Å². The van der Waals surface area contributed by atoms with Crippen molar-refractivity contribution in [1.82, 2.24) is 10.2 Å². The molecule has 1 N–H and O–H groups in total. The van der Waals surface area contributed by atoms with E-state index < -0.39 is 6.04 Å². The SMILES string of the molecule is Cc1ccc(SCCC(=O)N(Cc2ccc(Br)cc2)[C@@H](C)C(=O)NC(C)(C)C)cc1. The van der Waals surface area contributed by atoms with E-state index in [1.165, 1.54) is 5.56 Å². The van der Waals surface area contributed by atoms with Gasteiger partial charge in [-0.15, -0.1) is 11.8 Å². The van der Waals surface area contributed by atoms with E-state index in [0.717, 1.165) is 14.9 Å². The third-order valence-corrected chi connectivity index (χ3v) is 6.08. The summed E-state index contributed by atoms with van der Waals surface area (Å²) in [6, 6.07) is 15.6. The number of carbonyl (C=O) groups is 2. The second kappa shape index (κ2) is 11.0. The molecule has 0 spiro atoms. The molecule has 162 valence electrons. The Bertz CT molecular complexity index is 845. The lowest BCUT2D eigenvalue weighted by Crippen LogP contribution is -2.52. The molecule has 4 nitrogen and oxygen atoms in total. The Morgan fingerprint density at radius 3 is 2.23 bits per heavy atom. The molecule has 6 heteroatoms. The first-order valence-corrected chi connectivity index (χ1v) is 11.9. The molecule has 0 saturated carbocycles. The van der Waals surface area contributed by atoms with Gasteiger partial charge in [0.1, 0.15) is 6.04 Å². The summed E-state index contributed by atoms with van der Waals surface area (Å²) in [5.41, 5.74) is 1.86. The summed E-state index contributed by atoms with van der Waals surface area (Å²) in [5.74, 6) is 0.514. The Hall–Kier alpha value is -1.79. The van der Waals surface area contributed by atoms with Crippen LogP contribution >= 0.6 is 27.7 Å². The Kier molecular flexibility index (Phi) is 8.98. The summed E-state index contributed by atoms with van der Waals surface area (Å²) in [6.45, 7) is 10.1. The van der Waals surface area contributed by atoms with E-state index in [4.69, 9.17) is 0 Å². The smallest absolute Gasteiger partial charge is 0.242 e. The third kappa shape index (κ3) is 8.15. The number of nitrogens with one attached hydrogen (secondary N) is 1. The van der Waals surface area contributed by atoms with Gasteiger partial charge in [0.2, 0.25) is 11.8 Å². The zero-order chi connectivity index (χ0) is 22.3. The van der Waals surface area contributed by atoms with E-state index in [2.05, 4.69) is 52.4 Å². The molecular formula is C24H31BrN2O2S. The summed E-state index contributed by atoms with van der Waals surface area (Å²) >= 11 is 5.10. The lowest BCUT2D eigenvalue weighted by molar-refractivity contribution is -0.140. The van der Waals surface area contributed by atoms with Crippen LogP contribution in [0, 0.1) is 6.92 Å². The second-order valence-electron chi connectivity index (χ2n) is 8.47. The minimum absolute atomic E-state index is 0.0194. The zero-order valence-electron chi connectivity index (χ0n) is 18.4. The van der Waals surface area contributed by atoms with Gasteiger partial charge in [-0.05, 0) is 64.4 Å². The van der Waals surface area contributed by atoms with Gasteiger partial charge in [-0.25, -0.2) is 0 Å². The molecule has 0 aliphatic rings. The molecular weight excluding hydrogens is 460 g/mol. The van der Waals surface area contributed by atoms with Gasteiger partial charge in [-0.3, -0.25) is 9.59 Å². The quantitative estimate of drug-likeness (QED) is 0.491. The van der Waals surface area contributed by atoms with E-state index in [1.54, 1.807) is 23.6 Å². The largest absolute Gasteiger partial charge is 0.350 e. The molecule has 0 heterocycles. The van der Waals surface area contributed by atoms with E-state index in [1.807, 2.05) is 45.0 Å². The van der Waals surface area contributed by atoms with Crippen LogP contribution in [0.3, 0.4) is 0 Å². The minimum atomic E-state index is -0.551. The lowest BCUT2D eigenvalue weighted by Gasteiger charge is -2.31. The van der Waals surface area contributed by atoms with Crippen LogP contribution in [-0.4, -0.2) is 34.0 Å². The monoisotopic (exact) mass is 490 g/mol. The zero-order valence-corrected chi connectivity index (χ0v) is 20.8. The predicted molar refractivity (Wildman–Crippen MR) is 129 cm³/mol. The Labute approximate surface area is 192 Å². The lowest BCUT2D eigenvalue weighted by atomic mass is 10.1. The molecule has 0 saturated heterocycles. The number of carbonyl (C=O) groups excluding carboxylic acids is 2. The normalized spacial score (nSPS) is 12.3. The average Bonchev–Trinajstić information content (AvgIpc) is 2.67. The van der Waals surface area contributed by atoms with Crippen molar-refractivity contribution in [3.8, 4) is 0 Å². The maximum atomic E-state index is 13.1. The highest BCUT2D eigenvalue weighted by atomic mass is 79.9. The van der Waals surface area contributed by atoms with Crippen molar-refractivity contribution in [2.45, 2.75) is 64.1 Å². The first kappa shape index (κ1) is 24.5. The molecule has 0 fully saturated rings. The third-order valence-electron chi connectivity index (χ3n) is 4.54. The maximum absolute atomic E-state index is 13.1. The van der Waals surface area contributed by atoms with Crippen molar-refractivity contribution in [2.75, 3.05) is 5.75 Å². The second-order valence-corrected chi connectivity index (χ2v) is 10.6. The highest BCUT2D eigenvalue weighted by Gasteiger charge is 2.28. The number of thioether (sulfide) groups is 1. The summed E-state index contributed by atoms with van der Waals surface area (Å²) in [5, 5.41) is 2.99. The van der Waals surface area contributed by atoms with Gasteiger partial charge in [0.15, 0.2) is 0 Å². The molecule has 0 bridgehead atoms. The van der Waals surface area contributed by atoms with Gasteiger partial charge in [-0.1, -0.05) is 45.8 Å². The molecule has 2 rings (SSSR count). The van der Waals surface area contributed by atoms with Crippen LogP contribution < -0.4 is 5.32 Å². The molecule has 0 aromatic heterocycles. The van der Waals surface area contributed by atoms with Crippen LogP contribution in [0.2, 0.25) is 0 Å². The number of halogens is 1. The molecule has 0 unspecified atom stereocenters. The van der Waals surface area contributed by atoms with Gasteiger partial charge in [0.25, 0.3) is 0 Å². The van der Waals surface area contributed by atoms with Crippen LogP contribution in [0.25, 0.3) is 0 Å². The van der Waals surface area contributed by atoms with Crippen molar-refractivity contribution >= 4 is 39.5 Å². The van der Waals surface area contributed by atoms with Crippen LogP contribution in [0.4, 0.5) is 0 Å². The summed E-state index contributed by atoms with van der Waals surface area (Å²) < 4.78 is 0.983. The minimum Gasteiger partial charge on any atom is -0.350 e. The molecule has 30 heavy (non-hydrogen) atoms. The Morgan fingerprint density at radius 2 is 1.67 bits per heavy atom. The average molecular weight is 491 g/mol. The molecule has 1 atom stereocenters. The van der Waals surface area contributed by atoms with E-state index in [0.29, 0.717) is 18.7 Å². The van der Waals surface area contributed by atoms with Crippen LogP contribution in [-0.2, 0) is 16.1 Å². The molecule has 0 aliphatic heterocycles. The highest BCUT2D eigenvalue weighted by Crippen LogP contribution is 2.21. The standard InChI is InChI=1S/C24H31BrN2O2S/c1-17-6-12-21(13-7-17)30-15-14-22(28)27(16-19-8-10-20(25)11-9-19)18(2)23(29)26-24(3,4)5/h6-13,18H,14-16H2,1-5H3,(H,26,29)/t18-/m0/s1. The Balaban J connectivity index is 2.08. The van der Waals surface area contributed by atoms with Crippen molar-refractivity contribution in [2.24, 2.45) is 0 Å². The molecule has 0 aliphatic carbocycles. The number of aryl methyl sites for hydroxylation is 1. The van der Waals surface area contributed by atoms with Gasteiger partial charge in [0, 0.05) is 33.6 Å². The fraction of sp³-hybridized carbons (Fsp3) is 0.417. The van der Waals surface area contributed by atoms with Gasteiger partial charge in [0.05, 0.1) is 0 Å². The number of rotatable bonds is 8. The van der Waals surface area contributed by atoms with Crippen molar-refractivity contribution in [1.29, 1.82) is 0 Å². The van der Waals surface area contributed by atoms with Crippen LogP contribution in [0.1, 0.15) is 45.2 Å². The highest BCUT2D eigenvalue weighted by molar-refractivity contribution is 9.10. The first-order chi connectivity index (χ1) is 14.0. The number of nitrogens with zero attached hydrogens (tertiary/aromatic N) is 1. The predicted octanol–water partition coefficient (Wildman–Crippen LogP) is 5.57. The number of hydrogen-bond donors (Lipinski definition) is 1. The van der Waals surface area contributed by atoms with Gasteiger partial charge >= 0.3 is 0 Å². The molecule has 2 aromatic rings. The number of benzene rings is 2. The van der Waals surface area contributed by atoms with Gasteiger partial charge in [-0.2, -0.15) is 0 Å². The summed E-state index contributed by atoms with van der Waals surface area (Å²) in [4.78, 5) is 28.7. The number of amides is 2. The van der Waals surface area contributed by atoms with Crippen molar-refractivity contribution in [3.63, 3.8) is 0 Å². The van der Waals surface area contributed by atoms with E-state index >= 15 is 0 Å². The van der Waals surface area contributed by atoms with Crippen molar-refractivity contribution in [3.05, 3.63) is 64.1 Å². The van der Waals surface area contributed by atoms with E-state index in [9.17, 15) is 9.59 Å². The topological polar surface area (TPSA) is 49.4 Å². The molecule has 2 aromatic carbocycles. The summed E-state index contributed by atoms with van der Waals surface area (Å²) in [7, 11) is 0. The van der Waals surface area contributed by atoms with Crippen LogP contribution in [0.5, 0.6) is 0 Å². The number of hydrogen-bond acceptors (Lipinski definition) is 3. The van der Waals surface area contributed by atoms with Crippen molar-refractivity contribution < 1.29 is 9.59 Å². The molecule has 2 amide bonds. The maximum Gasteiger partial charge on any atom is 0.242 e. The molecule has 0 radical (unpaired) electrons. The Morgan fingerprint density at radius 1 is 1.07 bits per heavy atom. The fourth-order valence-electron chi connectivity index (χ4n) is 2.88.